The molecule has 0 aromatic heterocycles. The van der Waals surface area contributed by atoms with Crippen molar-refractivity contribution >= 4 is 6.08 Å². The summed E-state index contributed by atoms with van der Waals surface area (Å²) in [5, 5.41) is 0. The van der Waals surface area contributed by atoms with Crippen molar-refractivity contribution in [1.29, 1.82) is 0 Å². The fourth-order valence-corrected chi connectivity index (χ4v) is 1.59. The van der Waals surface area contributed by atoms with Crippen LogP contribution in [0.4, 0.5) is 0 Å². The molecular weight excluding hydrogens is 228 g/mol. The molecule has 19 heavy (non-hydrogen) atoms. The molecule has 0 spiro atoms. The summed E-state index contributed by atoms with van der Waals surface area (Å²) in [6, 6.07) is 16.8. The van der Waals surface area contributed by atoms with Gasteiger partial charge in [-0.05, 0) is 31.4 Å². The molecule has 0 unspecified atom stereocenters. The second kappa shape index (κ2) is 8.10. The lowest BCUT2D eigenvalue weighted by Gasteiger charge is -1.95. The standard InChI is InChI=1S/C10H12.C9H10/c1-3-4-10-7-5-9(2)6-8-10;1-3-9-6-4-8(2)5-7-9/h3,5-8H,1,4H2,2H3;3-7H,1H2,2H3. The minimum Gasteiger partial charge on any atom is -0.103 e. The van der Waals surface area contributed by atoms with Crippen molar-refractivity contribution in [3.8, 4) is 0 Å². The monoisotopic (exact) mass is 250 g/mol. The number of benzene rings is 2. The number of allylic oxidation sites excluding steroid dienone is 1. The van der Waals surface area contributed by atoms with Crippen molar-refractivity contribution < 1.29 is 0 Å². The highest BCUT2D eigenvalue weighted by molar-refractivity contribution is 5.46. The molecule has 0 aliphatic carbocycles. The van der Waals surface area contributed by atoms with Gasteiger partial charge in [-0.15, -0.1) is 6.58 Å². The van der Waals surface area contributed by atoms with Gasteiger partial charge in [0.05, 0.1) is 0 Å². The predicted octanol–water partition coefficient (Wildman–Crippen LogP) is 5.36. The van der Waals surface area contributed by atoms with Crippen molar-refractivity contribution in [1.82, 2.24) is 0 Å². The average molecular weight is 250 g/mol. The van der Waals surface area contributed by atoms with Gasteiger partial charge in [-0.3, -0.25) is 0 Å². The maximum absolute atomic E-state index is 3.68. The molecule has 0 N–H and O–H groups in total. The maximum Gasteiger partial charge on any atom is -0.0100 e. The summed E-state index contributed by atoms with van der Waals surface area (Å²) in [4.78, 5) is 0. The molecule has 0 heteroatoms. The summed E-state index contributed by atoms with van der Waals surface area (Å²) >= 11 is 0. The average Bonchev–Trinajstić information content (AvgIpc) is 2.43. The predicted molar refractivity (Wildman–Crippen MR) is 86.4 cm³/mol. The molecule has 0 aliphatic heterocycles. The molecule has 2 aromatic carbocycles. The molecule has 0 saturated heterocycles. The first-order valence-corrected chi connectivity index (χ1v) is 6.51. The van der Waals surface area contributed by atoms with Crippen LogP contribution in [-0.4, -0.2) is 0 Å². The third kappa shape index (κ3) is 5.87. The number of hydrogen-bond donors (Lipinski definition) is 0. The minimum absolute atomic E-state index is 0.972. The van der Waals surface area contributed by atoms with E-state index in [1.165, 1.54) is 22.3 Å². The molecule has 0 fully saturated rings. The van der Waals surface area contributed by atoms with Gasteiger partial charge in [-0.2, -0.15) is 0 Å². The molecule has 0 nitrogen and oxygen atoms in total. The second-order valence-corrected chi connectivity index (χ2v) is 4.59. The molecule has 2 rings (SSSR count). The van der Waals surface area contributed by atoms with Crippen LogP contribution in [0.5, 0.6) is 0 Å². The molecule has 2 aromatic rings. The Morgan fingerprint density at radius 2 is 1.26 bits per heavy atom. The molecule has 0 heterocycles. The molecule has 0 bridgehead atoms. The van der Waals surface area contributed by atoms with Gasteiger partial charge in [-0.25, -0.2) is 0 Å². The summed E-state index contributed by atoms with van der Waals surface area (Å²) in [6.07, 6.45) is 4.74. The maximum atomic E-state index is 3.68. The summed E-state index contributed by atoms with van der Waals surface area (Å²) < 4.78 is 0. The molecule has 98 valence electrons. The number of hydrogen-bond acceptors (Lipinski definition) is 0. The Morgan fingerprint density at radius 1 is 0.789 bits per heavy atom. The van der Waals surface area contributed by atoms with Crippen LogP contribution in [0.25, 0.3) is 6.08 Å². The lowest BCUT2D eigenvalue weighted by atomic mass is 10.1. The first-order chi connectivity index (χ1) is 9.15. The van der Waals surface area contributed by atoms with Crippen molar-refractivity contribution in [3.05, 3.63) is 90.0 Å². The fraction of sp³-hybridized carbons (Fsp3) is 0.158. The van der Waals surface area contributed by atoms with Crippen LogP contribution in [-0.2, 0) is 6.42 Å². The normalized spacial score (nSPS) is 9.16. The van der Waals surface area contributed by atoms with Crippen LogP contribution in [0.1, 0.15) is 22.3 Å². The van der Waals surface area contributed by atoms with E-state index in [1.54, 1.807) is 0 Å². The Balaban J connectivity index is 0.000000191. The summed E-state index contributed by atoms with van der Waals surface area (Å²) in [5.74, 6) is 0. The Hall–Kier alpha value is -2.08. The van der Waals surface area contributed by atoms with E-state index < -0.39 is 0 Å². The molecular formula is C19H22. The topological polar surface area (TPSA) is 0 Å². The molecule has 0 amide bonds. The van der Waals surface area contributed by atoms with Gasteiger partial charge in [-0.1, -0.05) is 78.4 Å². The van der Waals surface area contributed by atoms with Gasteiger partial charge < -0.3 is 0 Å². The largest absolute Gasteiger partial charge is 0.103 e. The third-order valence-corrected chi connectivity index (χ3v) is 2.81. The van der Waals surface area contributed by atoms with E-state index in [9.17, 15) is 0 Å². The number of rotatable bonds is 3. The fourth-order valence-electron chi connectivity index (χ4n) is 1.59. The molecule has 0 aliphatic rings. The van der Waals surface area contributed by atoms with Crippen molar-refractivity contribution in [2.45, 2.75) is 20.3 Å². The summed E-state index contributed by atoms with van der Waals surface area (Å²) in [5.41, 5.74) is 5.12. The molecule has 0 radical (unpaired) electrons. The minimum atomic E-state index is 0.972. The zero-order valence-electron chi connectivity index (χ0n) is 11.9. The van der Waals surface area contributed by atoms with E-state index in [2.05, 4.69) is 75.5 Å². The molecule has 0 atom stereocenters. The highest BCUT2D eigenvalue weighted by atomic mass is 13.9. The van der Waals surface area contributed by atoms with E-state index in [0.717, 1.165) is 6.42 Å². The van der Waals surface area contributed by atoms with Gasteiger partial charge in [0.15, 0.2) is 0 Å². The van der Waals surface area contributed by atoms with Crippen molar-refractivity contribution in [3.63, 3.8) is 0 Å². The van der Waals surface area contributed by atoms with Crippen LogP contribution in [0.2, 0.25) is 0 Å². The van der Waals surface area contributed by atoms with Gasteiger partial charge in [0.25, 0.3) is 0 Å². The Morgan fingerprint density at radius 3 is 1.68 bits per heavy atom. The van der Waals surface area contributed by atoms with Crippen LogP contribution in [0, 0.1) is 13.8 Å². The van der Waals surface area contributed by atoms with Gasteiger partial charge >= 0.3 is 0 Å². The van der Waals surface area contributed by atoms with Crippen molar-refractivity contribution in [2.24, 2.45) is 0 Å². The van der Waals surface area contributed by atoms with E-state index in [1.807, 2.05) is 12.2 Å². The van der Waals surface area contributed by atoms with Gasteiger partial charge in [0, 0.05) is 0 Å². The highest BCUT2D eigenvalue weighted by Crippen LogP contribution is 2.03. The quantitative estimate of drug-likeness (QED) is 0.643. The van der Waals surface area contributed by atoms with E-state index in [0.29, 0.717) is 0 Å². The van der Waals surface area contributed by atoms with Crippen LogP contribution in [0.15, 0.2) is 67.8 Å². The lowest BCUT2D eigenvalue weighted by Crippen LogP contribution is -1.79. The summed E-state index contributed by atoms with van der Waals surface area (Å²) in [7, 11) is 0. The SMILES string of the molecule is C=CCc1ccc(C)cc1.C=Cc1ccc(C)cc1. The lowest BCUT2D eigenvalue weighted by molar-refractivity contribution is 1.26. The zero-order valence-corrected chi connectivity index (χ0v) is 11.9. The number of aryl methyl sites for hydroxylation is 2. The van der Waals surface area contributed by atoms with E-state index in [-0.39, 0.29) is 0 Å². The van der Waals surface area contributed by atoms with E-state index in [4.69, 9.17) is 0 Å². The van der Waals surface area contributed by atoms with Crippen molar-refractivity contribution in [2.75, 3.05) is 0 Å². The summed E-state index contributed by atoms with van der Waals surface area (Å²) in [6.45, 7) is 11.5. The van der Waals surface area contributed by atoms with Crippen LogP contribution < -0.4 is 0 Å². The van der Waals surface area contributed by atoms with Gasteiger partial charge in [0.1, 0.15) is 0 Å². The Bertz CT molecular complexity index is 501. The highest BCUT2D eigenvalue weighted by Gasteiger charge is 1.86. The Labute approximate surface area is 117 Å². The Kier molecular flexibility index (Phi) is 6.38. The first kappa shape index (κ1) is 15.0. The molecule has 0 saturated carbocycles. The van der Waals surface area contributed by atoms with Crippen LogP contribution in [0.3, 0.4) is 0 Å². The van der Waals surface area contributed by atoms with Gasteiger partial charge in [0.2, 0.25) is 0 Å². The van der Waals surface area contributed by atoms with E-state index >= 15 is 0 Å². The zero-order chi connectivity index (χ0) is 14.1. The smallest absolute Gasteiger partial charge is 0.0100 e. The second-order valence-electron chi connectivity index (χ2n) is 4.59. The first-order valence-electron chi connectivity index (χ1n) is 6.51. The third-order valence-electron chi connectivity index (χ3n) is 2.81. The van der Waals surface area contributed by atoms with Crippen LogP contribution >= 0.6 is 0 Å².